The molecule has 2 heterocycles. The van der Waals surface area contributed by atoms with Crippen molar-refractivity contribution < 1.29 is 5.11 Å². The molecule has 1 N–H and O–H groups in total. The Bertz CT molecular complexity index is 762. The standard InChI is InChI=1S/C16H17N3O/c1-3-12-9-13(4-2)19(18-12)16-15-10-14(20)6-5-11(15)7-8-17-16/h5-10,20H,3-4H2,1-2H3. The maximum absolute atomic E-state index is 9.72. The van der Waals surface area contributed by atoms with Gasteiger partial charge in [-0.1, -0.05) is 19.9 Å². The van der Waals surface area contributed by atoms with Crippen molar-refractivity contribution in [1.82, 2.24) is 14.8 Å². The van der Waals surface area contributed by atoms with Gasteiger partial charge in [0, 0.05) is 17.3 Å². The van der Waals surface area contributed by atoms with E-state index in [1.54, 1.807) is 18.3 Å². The lowest BCUT2D eigenvalue weighted by molar-refractivity contribution is 0.476. The number of aromatic nitrogens is 3. The second-order valence-corrected chi connectivity index (χ2v) is 4.79. The number of benzene rings is 1. The van der Waals surface area contributed by atoms with E-state index in [2.05, 4.69) is 30.0 Å². The highest BCUT2D eigenvalue weighted by Crippen LogP contribution is 2.25. The normalized spacial score (nSPS) is 11.1. The minimum Gasteiger partial charge on any atom is -0.508 e. The number of phenolic OH excluding ortho intramolecular Hbond substituents is 1. The topological polar surface area (TPSA) is 50.9 Å². The molecule has 0 amide bonds. The molecule has 102 valence electrons. The molecule has 0 saturated heterocycles. The van der Waals surface area contributed by atoms with E-state index in [-0.39, 0.29) is 5.75 Å². The van der Waals surface area contributed by atoms with Crippen LogP contribution in [0, 0.1) is 0 Å². The van der Waals surface area contributed by atoms with Crippen molar-refractivity contribution >= 4 is 10.8 Å². The molecule has 0 atom stereocenters. The third kappa shape index (κ3) is 2.03. The summed E-state index contributed by atoms with van der Waals surface area (Å²) in [5.74, 6) is 1.02. The van der Waals surface area contributed by atoms with Crippen LogP contribution in [0.5, 0.6) is 5.75 Å². The van der Waals surface area contributed by atoms with Crippen molar-refractivity contribution in [2.45, 2.75) is 26.7 Å². The lowest BCUT2D eigenvalue weighted by atomic mass is 10.1. The van der Waals surface area contributed by atoms with Crippen LogP contribution >= 0.6 is 0 Å². The molecule has 0 fully saturated rings. The Morgan fingerprint density at radius 1 is 1.10 bits per heavy atom. The lowest BCUT2D eigenvalue weighted by Gasteiger charge is -2.08. The molecule has 0 aliphatic rings. The molecule has 2 aromatic heterocycles. The van der Waals surface area contributed by atoms with Gasteiger partial charge in [-0.3, -0.25) is 0 Å². The van der Waals surface area contributed by atoms with Gasteiger partial charge in [0.05, 0.1) is 5.69 Å². The van der Waals surface area contributed by atoms with Crippen molar-refractivity contribution in [1.29, 1.82) is 0 Å². The van der Waals surface area contributed by atoms with Gasteiger partial charge >= 0.3 is 0 Å². The van der Waals surface area contributed by atoms with Crippen molar-refractivity contribution in [3.8, 4) is 11.6 Å². The predicted octanol–water partition coefficient (Wildman–Crippen LogP) is 3.25. The highest BCUT2D eigenvalue weighted by Gasteiger charge is 2.11. The molecule has 4 heteroatoms. The van der Waals surface area contributed by atoms with E-state index >= 15 is 0 Å². The Morgan fingerprint density at radius 2 is 1.95 bits per heavy atom. The van der Waals surface area contributed by atoms with Crippen LogP contribution in [-0.4, -0.2) is 19.9 Å². The van der Waals surface area contributed by atoms with Gasteiger partial charge in [-0.2, -0.15) is 5.10 Å². The van der Waals surface area contributed by atoms with Gasteiger partial charge in [0.2, 0.25) is 0 Å². The van der Waals surface area contributed by atoms with Gasteiger partial charge in [-0.15, -0.1) is 0 Å². The SMILES string of the molecule is CCc1cc(CC)n(-c2nccc3ccc(O)cc23)n1. The minimum absolute atomic E-state index is 0.243. The van der Waals surface area contributed by atoms with Gasteiger partial charge < -0.3 is 5.11 Å². The monoisotopic (exact) mass is 267 g/mol. The first-order valence-electron chi connectivity index (χ1n) is 6.88. The van der Waals surface area contributed by atoms with Crippen LogP contribution in [0.15, 0.2) is 36.5 Å². The average molecular weight is 267 g/mol. The Labute approximate surface area is 117 Å². The minimum atomic E-state index is 0.243. The van der Waals surface area contributed by atoms with E-state index < -0.39 is 0 Å². The molecule has 0 saturated carbocycles. The van der Waals surface area contributed by atoms with Crippen LogP contribution in [0.4, 0.5) is 0 Å². The second-order valence-electron chi connectivity index (χ2n) is 4.79. The van der Waals surface area contributed by atoms with Crippen LogP contribution < -0.4 is 0 Å². The smallest absolute Gasteiger partial charge is 0.161 e. The third-order valence-corrected chi connectivity index (χ3v) is 3.49. The first-order chi connectivity index (χ1) is 9.72. The van der Waals surface area contributed by atoms with E-state index in [1.165, 1.54) is 0 Å². The largest absolute Gasteiger partial charge is 0.508 e. The van der Waals surface area contributed by atoms with Crippen LogP contribution in [-0.2, 0) is 12.8 Å². The maximum Gasteiger partial charge on any atom is 0.161 e. The van der Waals surface area contributed by atoms with Gasteiger partial charge in [0.15, 0.2) is 5.82 Å². The molecule has 20 heavy (non-hydrogen) atoms. The summed E-state index contributed by atoms with van der Waals surface area (Å²) in [5, 5.41) is 16.3. The summed E-state index contributed by atoms with van der Waals surface area (Å²) in [7, 11) is 0. The fourth-order valence-corrected chi connectivity index (χ4v) is 2.39. The number of aromatic hydroxyl groups is 1. The molecular formula is C16H17N3O. The number of nitrogens with zero attached hydrogens (tertiary/aromatic N) is 3. The summed E-state index contributed by atoms with van der Waals surface area (Å²) in [5.41, 5.74) is 2.19. The van der Waals surface area contributed by atoms with Crippen LogP contribution in [0.2, 0.25) is 0 Å². The number of pyridine rings is 1. The average Bonchev–Trinajstić information content (AvgIpc) is 2.89. The van der Waals surface area contributed by atoms with E-state index in [4.69, 9.17) is 0 Å². The number of aryl methyl sites for hydroxylation is 2. The highest BCUT2D eigenvalue weighted by atomic mass is 16.3. The first-order valence-corrected chi connectivity index (χ1v) is 6.88. The van der Waals surface area contributed by atoms with E-state index in [9.17, 15) is 5.11 Å². The lowest BCUT2D eigenvalue weighted by Crippen LogP contribution is -2.04. The number of hydrogen-bond donors (Lipinski definition) is 1. The molecule has 1 aromatic carbocycles. The molecule has 0 unspecified atom stereocenters. The van der Waals surface area contributed by atoms with Gasteiger partial charge in [0.1, 0.15) is 5.75 Å². The van der Waals surface area contributed by atoms with Crippen molar-refractivity contribution in [3.05, 3.63) is 47.9 Å². The Balaban J connectivity index is 2.28. The number of fused-ring (bicyclic) bond motifs is 1. The molecule has 0 spiro atoms. The highest BCUT2D eigenvalue weighted by molar-refractivity contribution is 5.89. The fraction of sp³-hybridized carbons (Fsp3) is 0.250. The van der Waals surface area contributed by atoms with Gasteiger partial charge in [-0.25, -0.2) is 9.67 Å². The number of phenols is 1. The predicted molar refractivity (Wildman–Crippen MR) is 79.3 cm³/mol. The van der Waals surface area contributed by atoms with Gasteiger partial charge in [-0.05, 0) is 42.5 Å². The molecule has 3 aromatic rings. The Morgan fingerprint density at radius 3 is 2.70 bits per heavy atom. The number of hydrogen-bond acceptors (Lipinski definition) is 3. The molecule has 3 rings (SSSR count). The summed E-state index contributed by atoms with van der Waals surface area (Å²) in [4.78, 5) is 4.46. The second kappa shape index (κ2) is 4.96. The summed E-state index contributed by atoms with van der Waals surface area (Å²) < 4.78 is 1.89. The fourth-order valence-electron chi connectivity index (χ4n) is 2.39. The third-order valence-electron chi connectivity index (χ3n) is 3.49. The van der Waals surface area contributed by atoms with Crippen LogP contribution in [0.3, 0.4) is 0 Å². The van der Waals surface area contributed by atoms with Crippen molar-refractivity contribution in [3.63, 3.8) is 0 Å². The van der Waals surface area contributed by atoms with Crippen LogP contribution in [0.1, 0.15) is 25.2 Å². The molecule has 0 aliphatic heterocycles. The van der Waals surface area contributed by atoms with Crippen molar-refractivity contribution in [2.24, 2.45) is 0 Å². The van der Waals surface area contributed by atoms with E-state index in [1.807, 2.05) is 16.8 Å². The number of rotatable bonds is 3. The zero-order valence-electron chi connectivity index (χ0n) is 11.7. The molecule has 4 nitrogen and oxygen atoms in total. The van der Waals surface area contributed by atoms with E-state index in [0.29, 0.717) is 0 Å². The molecule has 0 bridgehead atoms. The zero-order chi connectivity index (χ0) is 14.1. The quantitative estimate of drug-likeness (QED) is 0.792. The Kier molecular flexibility index (Phi) is 3.14. The van der Waals surface area contributed by atoms with Crippen LogP contribution in [0.25, 0.3) is 16.6 Å². The summed E-state index contributed by atoms with van der Waals surface area (Å²) in [6.45, 7) is 4.20. The summed E-state index contributed by atoms with van der Waals surface area (Å²) in [6, 6.07) is 9.38. The molecular weight excluding hydrogens is 250 g/mol. The Hall–Kier alpha value is -2.36. The maximum atomic E-state index is 9.72. The summed E-state index contributed by atoms with van der Waals surface area (Å²) >= 11 is 0. The molecule has 0 aliphatic carbocycles. The zero-order valence-corrected chi connectivity index (χ0v) is 11.7. The first kappa shape index (κ1) is 12.7. The van der Waals surface area contributed by atoms with E-state index in [0.717, 1.165) is 40.8 Å². The summed E-state index contributed by atoms with van der Waals surface area (Å²) in [6.07, 6.45) is 3.57. The van der Waals surface area contributed by atoms with Crippen molar-refractivity contribution in [2.75, 3.05) is 0 Å². The molecule has 0 radical (unpaired) electrons. The van der Waals surface area contributed by atoms with Gasteiger partial charge in [0.25, 0.3) is 0 Å².